The second kappa shape index (κ2) is 10.1. The van der Waals surface area contributed by atoms with Crippen molar-refractivity contribution < 1.29 is 0 Å². The molecular weight excluding hydrogens is 494 g/mol. The number of hydrogen-bond donors (Lipinski definition) is 2. The molecule has 126 valence electrons. The first-order valence-corrected chi connectivity index (χ1v) is 8.06. The first-order chi connectivity index (χ1) is 10.6. The monoisotopic (exact) mass is 512 g/mol. The van der Waals surface area contributed by atoms with Gasteiger partial charge in [0.2, 0.25) is 0 Å². The third-order valence-corrected chi connectivity index (χ3v) is 3.83. The van der Waals surface area contributed by atoms with Crippen LogP contribution in [0.25, 0.3) is 0 Å². The van der Waals surface area contributed by atoms with Crippen LogP contribution in [0.5, 0.6) is 0 Å². The molecule has 0 aliphatic heterocycles. The van der Waals surface area contributed by atoms with Crippen molar-refractivity contribution in [1.82, 2.24) is 25.4 Å². The Morgan fingerprint density at radius 1 is 1.39 bits per heavy atom. The number of aryl methyl sites for hydroxylation is 1. The molecule has 9 heteroatoms. The molecule has 1 aromatic heterocycles. The van der Waals surface area contributed by atoms with Gasteiger partial charge < -0.3 is 10.6 Å². The number of rotatable bonds is 5. The Morgan fingerprint density at radius 2 is 2.17 bits per heavy atom. The first kappa shape index (κ1) is 20.2. The average Bonchev–Trinajstić information content (AvgIpc) is 2.89. The lowest BCUT2D eigenvalue weighted by atomic mass is 10.2. The average molecular weight is 514 g/mol. The Balaban J connectivity index is 0.00000264. The smallest absolute Gasteiger partial charge is 0.191 e. The van der Waals surface area contributed by atoms with Crippen molar-refractivity contribution in [2.24, 2.45) is 12.0 Å². The molecule has 0 saturated heterocycles. The van der Waals surface area contributed by atoms with Gasteiger partial charge >= 0.3 is 0 Å². The predicted octanol–water partition coefficient (Wildman–Crippen LogP) is 3.10. The molecule has 0 atom stereocenters. The highest BCUT2D eigenvalue weighted by atomic mass is 127. The van der Waals surface area contributed by atoms with Gasteiger partial charge in [-0.25, -0.2) is 9.98 Å². The Labute approximate surface area is 166 Å². The number of hydrogen-bond acceptors (Lipinski definition) is 3. The molecule has 6 nitrogen and oxygen atoms in total. The molecule has 23 heavy (non-hydrogen) atoms. The summed E-state index contributed by atoms with van der Waals surface area (Å²) in [6, 6.07) is 5.78. The summed E-state index contributed by atoms with van der Waals surface area (Å²) in [6.45, 7) is 3.85. The Hall–Kier alpha value is -0.870. The summed E-state index contributed by atoms with van der Waals surface area (Å²) >= 11 is 9.60. The van der Waals surface area contributed by atoms with E-state index in [4.69, 9.17) is 11.6 Å². The summed E-state index contributed by atoms with van der Waals surface area (Å²) in [4.78, 5) is 8.71. The van der Waals surface area contributed by atoms with Crippen LogP contribution < -0.4 is 10.6 Å². The normalized spacial score (nSPS) is 11.0. The molecule has 0 saturated carbocycles. The lowest BCUT2D eigenvalue weighted by molar-refractivity contribution is 0.673. The lowest BCUT2D eigenvalue weighted by Gasteiger charge is -2.11. The molecule has 2 N–H and O–H groups in total. The van der Waals surface area contributed by atoms with Crippen molar-refractivity contribution in [2.75, 3.05) is 6.54 Å². The number of benzene rings is 1. The van der Waals surface area contributed by atoms with E-state index < -0.39 is 0 Å². The third-order valence-electron chi connectivity index (χ3n) is 2.99. The molecule has 0 bridgehead atoms. The number of aromatic nitrogens is 3. The maximum Gasteiger partial charge on any atom is 0.191 e. The topological polar surface area (TPSA) is 67.1 Å². The van der Waals surface area contributed by atoms with E-state index in [0.717, 1.165) is 22.4 Å². The summed E-state index contributed by atoms with van der Waals surface area (Å²) in [7, 11) is 1.86. The number of halogens is 3. The summed E-state index contributed by atoms with van der Waals surface area (Å²) in [5.74, 6) is 1.55. The summed E-state index contributed by atoms with van der Waals surface area (Å²) in [6.07, 6.45) is 1.53. The van der Waals surface area contributed by atoms with Crippen LogP contribution in [0.1, 0.15) is 18.3 Å². The maximum absolute atomic E-state index is 6.21. The van der Waals surface area contributed by atoms with E-state index in [0.29, 0.717) is 24.1 Å². The van der Waals surface area contributed by atoms with Crippen molar-refractivity contribution in [2.45, 2.75) is 20.0 Å². The second-order valence-electron chi connectivity index (χ2n) is 4.58. The fraction of sp³-hybridized carbons (Fsp3) is 0.357. The highest BCUT2D eigenvalue weighted by Crippen LogP contribution is 2.21. The van der Waals surface area contributed by atoms with Crippen molar-refractivity contribution in [3.05, 3.63) is 45.4 Å². The van der Waals surface area contributed by atoms with Gasteiger partial charge in [0.05, 0.1) is 13.1 Å². The Kier molecular flexibility index (Phi) is 8.85. The fourth-order valence-corrected chi connectivity index (χ4v) is 2.53. The van der Waals surface area contributed by atoms with Crippen LogP contribution in [-0.4, -0.2) is 27.3 Å². The van der Waals surface area contributed by atoms with Crippen molar-refractivity contribution in [1.29, 1.82) is 0 Å². The van der Waals surface area contributed by atoms with Gasteiger partial charge in [0.25, 0.3) is 0 Å². The summed E-state index contributed by atoms with van der Waals surface area (Å²) in [5.41, 5.74) is 0.973. The minimum atomic E-state index is 0. The van der Waals surface area contributed by atoms with Gasteiger partial charge in [-0.05, 0) is 24.6 Å². The summed E-state index contributed by atoms with van der Waals surface area (Å²) in [5, 5.41) is 11.2. The molecule has 1 aromatic carbocycles. The van der Waals surface area contributed by atoms with Crippen molar-refractivity contribution in [3.8, 4) is 0 Å². The van der Waals surface area contributed by atoms with E-state index in [1.165, 1.54) is 6.33 Å². The standard InChI is InChI=1S/C14H18BrClN6.HI/c1-3-17-14(19-8-13-20-9-21-22(13)2)18-7-10-4-5-11(15)6-12(10)16;/h4-6,9H,3,7-8H2,1-2H3,(H2,17,18,19);1H. The second-order valence-corrected chi connectivity index (χ2v) is 5.91. The van der Waals surface area contributed by atoms with E-state index in [-0.39, 0.29) is 24.0 Å². The van der Waals surface area contributed by atoms with Crippen LogP contribution in [0.3, 0.4) is 0 Å². The van der Waals surface area contributed by atoms with E-state index in [1.807, 2.05) is 32.2 Å². The van der Waals surface area contributed by atoms with E-state index >= 15 is 0 Å². The van der Waals surface area contributed by atoms with Gasteiger partial charge in [0.15, 0.2) is 5.96 Å². The molecule has 0 aliphatic rings. The highest BCUT2D eigenvalue weighted by molar-refractivity contribution is 14.0. The van der Waals surface area contributed by atoms with Gasteiger partial charge in [-0.1, -0.05) is 33.6 Å². The zero-order valence-electron chi connectivity index (χ0n) is 12.9. The minimum Gasteiger partial charge on any atom is -0.357 e. The largest absolute Gasteiger partial charge is 0.357 e. The first-order valence-electron chi connectivity index (χ1n) is 6.89. The molecule has 0 spiro atoms. The predicted molar refractivity (Wildman–Crippen MR) is 107 cm³/mol. The zero-order valence-corrected chi connectivity index (χ0v) is 17.6. The number of guanidine groups is 1. The van der Waals surface area contributed by atoms with Crippen LogP contribution in [0, 0.1) is 0 Å². The van der Waals surface area contributed by atoms with Crippen molar-refractivity contribution in [3.63, 3.8) is 0 Å². The van der Waals surface area contributed by atoms with Crippen molar-refractivity contribution >= 4 is 57.5 Å². The van der Waals surface area contributed by atoms with Gasteiger partial charge in [-0.3, -0.25) is 4.68 Å². The Bertz CT molecular complexity index is 660. The number of nitrogens with zero attached hydrogens (tertiary/aromatic N) is 4. The SMILES string of the molecule is CCNC(=NCc1ccc(Br)cc1Cl)NCc1ncnn1C.I. The minimum absolute atomic E-state index is 0. The molecule has 0 fully saturated rings. The van der Waals surface area contributed by atoms with Gasteiger partial charge in [0, 0.05) is 23.1 Å². The molecule has 0 unspecified atom stereocenters. The van der Waals surface area contributed by atoms with E-state index in [9.17, 15) is 0 Å². The van der Waals surface area contributed by atoms with Crippen LogP contribution in [0.2, 0.25) is 5.02 Å². The Morgan fingerprint density at radius 3 is 2.78 bits per heavy atom. The molecule has 2 rings (SSSR count). The molecule has 0 aliphatic carbocycles. The van der Waals surface area contributed by atoms with Gasteiger partial charge in [-0.15, -0.1) is 24.0 Å². The maximum atomic E-state index is 6.21. The van der Waals surface area contributed by atoms with E-state index in [1.54, 1.807) is 4.68 Å². The van der Waals surface area contributed by atoms with Crippen LogP contribution in [0.15, 0.2) is 34.0 Å². The quantitative estimate of drug-likeness (QED) is 0.366. The number of nitrogens with one attached hydrogen (secondary N) is 2. The zero-order chi connectivity index (χ0) is 15.9. The molecule has 1 heterocycles. The van der Waals surface area contributed by atoms with Gasteiger partial charge in [0.1, 0.15) is 12.2 Å². The molecular formula is C14H19BrClIN6. The molecule has 2 aromatic rings. The summed E-state index contributed by atoms with van der Waals surface area (Å²) < 4.78 is 2.68. The molecule has 0 amide bonds. The highest BCUT2D eigenvalue weighted by Gasteiger charge is 2.04. The van der Waals surface area contributed by atoms with E-state index in [2.05, 4.69) is 41.6 Å². The van der Waals surface area contributed by atoms with Gasteiger partial charge in [-0.2, -0.15) is 5.10 Å². The number of aliphatic imine (C=N–C) groups is 1. The van der Waals surface area contributed by atoms with Crippen LogP contribution in [-0.2, 0) is 20.1 Å². The molecule has 0 radical (unpaired) electrons. The lowest BCUT2D eigenvalue weighted by Crippen LogP contribution is -2.37. The van der Waals surface area contributed by atoms with Crippen LogP contribution >= 0.6 is 51.5 Å². The van der Waals surface area contributed by atoms with Crippen LogP contribution in [0.4, 0.5) is 0 Å². The fourth-order valence-electron chi connectivity index (χ4n) is 1.80. The third kappa shape index (κ3) is 6.27.